The van der Waals surface area contributed by atoms with Crippen molar-refractivity contribution in [3.63, 3.8) is 0 Å². The summed E-state index contributed by atoms with van der Waals surface area (Å²) < 4.78 is 18.5. The number of ether oxygens (including phenoxy) is 1. The average molecular weight is 264 g/mol. The van der Waals surface area contributed by atoms with Gasteiger partial charge in [0.2, 0.25) is 0 Å². The lowest BCUT2D eigenvalue weighted by Crippen LogP contribution is -2.38. The van der Waals surface area contributed by atoms with Crippen LogP contribution in [0.5, 0.6) is 5.75 Å². The Balaban J connectivity index is 1.75. The fraction of sp³-hybridized carbons (Fsp3) is 0.533. The van der Waals surface area contributed by atoms with Crippen LogP contribution < -0.4 is 4.74 Å². The molecule has 0 aromatic heterocycles. The summed E-state index contributed by atoms with van der Waals surface area (Å²) in [5.74, 6) is 1.03. The van der Waals surface area contributed by atoms with E-state index in [2.05, 4.69) is 4.90 Å². The number of hydrogen-bond donors (Lipinski definition) is 1. The van der Waals surface area contributed by atoms with E-state index in [1.165, 1.54) is 31.2 Å². The summed E-state index contributed by atoms with van der Waals surface area (Å²) in [4.78, 5) is 2.40. The van der Waals surface area contributed by atoms with Gasteiger partial charge in [0, 0.05) is 19.0 Å². The van der Waals surface area contributed by atoms with Gasteiger partial charge in [-0.15, -0.1) is 0 Å². The van der Waals surface area contributed by atoms with Crippen LogP contribution in [0.4, 0.5) is 4.39 Å². The standard InChI is InChI=1S/C15H21FN2O/c16-14-4-6-15(7-5-14)19-12-13-3-1-9-18(11-13)10-2-8-17/h4-8,13,17H,1-3,9-12H2. The highest BCUT2D eigenvalue weighted by molar-refractivity contribution is 5.52. The first-order valence-electron chi connectivity index (χ1n) is 6.87. The maximum Gasteiger partial charge on any atom is 0.123 e. The Kier molecular flexibility index (Phi) is 5.33. The topological polar surface area (TPSA) is 36.3 Å². The van der Waals surface area contributed by atoms with Gasteiger partial charge < -0.3 is 15.0 Å². The number of halogens is 1. The molecule has 0 bridgehead atoms. The molecule has 1 aromatic rings. The smallest absolute Gasteiger partial charge is 0.123 e. The van der Waals surface area contributed by atoms with Crippen molar-refractivity contribution < 1.29 is 9.13 Å². The van der Waals surface area contributed by atoms with Crippen LogP contribution in [0.15, 0.2) is 24.3 Å². The molecule has 1 aromatic carbocycles. The number of likely N-dealkylation sites (tertiary alicyclic amines) is 1. The monoisotopic (exact) mass is 264 g/mol. The van der Waals surface area contributed by atoms with Gasteiger partial charge in [-0.2, -0.15) is 0 Å². The number of rotatable bonds is 6. The number of nitrogens with zero attached hydrogens (tertiary/aromatic N) is 1. The zero-order chi connectivity index (χ0) is 13.5. The largest absolute Gasteiger partial charge is 0.493 e. The first kappa shape index (κ1) is 14.0. The lowest BCUT2D eigenvalue weighted by Gasteiger charge is -2.32. The van der Waals surface area contributed by atoms with Crippen LogP contribution >= 0.6 is 0 Å². The van der Waals surface area contributed by atoms with E-state index in [9.17, 15) is 4.39 Å². The summed E-state index contributed by atoms with van der Waals surface area (Å²) in [5, 5.41) is 7.08. The SMILES string of the molecule is N=CCCN1CCCC(COc2ccc(F)cc2)C1. The van der Waals surface area contributed by atoms with E-state index in [-0.39, 0.29) is 5.82 Å². The summed E-state index contributed by atoms with van der Waals surface area (Å²) in [6.07, 6.45) is 4.67. The molecule has 104 valence electrons. The molecule has 4 heteroatoms. The van der Waals surface area contributed by atoms with Crippen molar-refractivity contribution in [2.45, 2.75) is 19.3 Å². The second-order valence-electron chi connectivity index (χ2n) is 5.07. The Bertz CT molecular complexity index is 394. The molecule has 0 saturated carbocycles. The minimum Gasteiger partial charge on any atom is -0.493 e. The van der Waals surface area contributed by atoms with Gasteiger partial charge in [-0.1, -0.05) is 0 Å². The highest BCUT2D eigenvalue weighted by atomic mass is 19.1. The van der Waals surface area contributed by atoms with E-state index in [0.717, 1.165) is 31.8 Å². The van der Waals surface area contributed by atoms with Crippen LogP contribution in [0.3, 0.4) is 0 Å². The van der Waals surface area contributed by atoms with Crippen LogP contribution in [-0.4, -0.2) is 37.4 Å². The molecule has 0 aliphatic carbocycles. The van der Waals surface area contributed by atoms with E-state index in [1.54, 1.807) is 12.1 Å². The summed E-state index contributed by atoms with van der Waals surface area (Å²) in [5.41, 5.74) is 0. The quantitative estimate of drug-likeness (QED) is 0.802. The van der Waals surface area contributed by atoms with Crippen LogP contribution in [0.25, 0.3) is 0 Å². The van der Waals surface area contributed by atoms with Crippen molar-refractivity contribution in [3.05, 3.63) is 30.1 Å². The molecule has 0 radical (unpaired) electrons. The third-order valence-electron chi connectivity index (χ3n) is 3.49. The average Bonchev–Trinajstić information content (AvgIpc) is 2.45. The van der Waals surface area contributed by atoms with Crippen molar-refractivity contribution in [3.8, 4) is 5.75 Å². The van der Waals surface area contributed by atoms with Crippen molar-refractivity contribution in [1.29, 1.82) is 5.41 Å². The highest BCUT2D eigenvalue weighted by Crippen LogP contribution is 2.19. The lowest BCUT2D eigenvalue weighted by atomic mass is 9.99. The molecule has 19 heavy (non-hydrogen) atoms. The molecule has 1 fully saturated rings. The van der Waals surface area contributed by atoms with Gasteiger partial charge in [0.05, 0.1) is 6.61 Å². The van der Waals surface area contributed by atoms with E-state index < -0.39 is 0 Å². The normalized spacial score (nSPS) is 20.2. The van der Waals surface area contributed by atoms with Crippen molar-refractivity contribution in [1.82, 2.24) is 4.90 Å². The first-order valence-corrected chi connectivity index (χ1v) is 6.87. The maximum absolute atomic E-state index is 12.8. The molecule has 1 unspecified atom stereocenters. The van der Waals surface area contributed by atoms with E-state index in [0.29, 0.717) is 12.5 Å². The van der Waals surface area contributed by atoms with Gasteiger partial charge in [0.25, 0.3) is 0 Å². The first-order chi connectivity index (χ1) is 9.28. The fourth-order valence-corrected chi connectivity index (χ4v) is 2.48. The van der Waals surface area contributed by atoms with E-state index >= 15 is 0 Å². The van der Waals surface area contributed by atoms with Crippen molar-refractivity contribution in [2.24, 2.45) is 5.92 Å². The second-order valence-corrected chi connectivity index (χ2v) is 5.07. The molecule has 1 aliphatic rings. The third-order valence-corrected chi connectivity index (χ3v) is 3.49. The Morgan fingerprint density at radius 3 is 2.89 bits per heavy atom. The number of nitrogens with one attached hydrogen (secondary N) is 1. The molecule has 1 N–H and O–H groups in total. The Labute approximate surface area is 113 Å². The van der Waals surface area contributed by atoms with Crippen molar-refractivity contribution >= 4 is 6.21 Å². The predicted octanol–water partition coefficient (Wildman–Crippen LogP) is 2.96. The van der Waals surface area contributed by atoms with Crippen LogP contribution in [0.1, 0.15) is 19.3 Å². The lowest BCUT2D eigenvalue weighted by molar-refractivity contribution is 0.133. The molecular weight excluding hydrogens is 243 g/mol. The molecule has 1 atom stereocenters. The summed E-state index contributed by atoms with van der Waals surface area (Å²) in [6.45, 7) is 3.82. The molecule has 3 nitrogen and oxygen atoms in total. The molecule has 2 rings (SSSR count). The zero-order valence-corrected chi connectivity index (χ0v) is 11.1. The summed E-state index contributed by atoms with van der Waals surface area (Å²) in [6, 6.07) is 6.19. The molecule has 1 saturated heterocycles. The molecule has 0 spiro atoms. The second kappa shape index (κ2) is 7.24. The van der Waals surface area contributed by atoms with Gasteiger partial charge in [-0.05, 0) is 56.3 Å². The molecular formula is C15H21FN2O. The van der Waals surface area contributed by atoms with E-state index in [4.69, 9.17) is 10.1 Å². The zero-order valence-electron chi connectivity index (χ0n) is 11.1. The number of benzene rings is 1. The van der Waals surface area contributed by atoms with Crippen LogP contribution in [0, 0.1) is 17.1 Å². The maximum atomic E-state index is 12.8. The number of hydrogen-bond acceptors (Lipinski definition) is 3. The molecule has 1 aliphatic heterocycles. The predicted molar refractivity (Wildman–Crippen MR) is 74.5 cm³/mol. The van der Waals surface area contributed by atoms with Gasteiger partial charge in [0.1, 0.15) is 11.6 Å². The summed E-state index contributed by atoms with van der Waals surface area (Å²) >= 11 is 0. The number of piperidine rings is 1. The Morgan fingerprint density at radius 1 is 1.37 bits per heavy atom. The van der Waals surface area contributed by atoms with Crippen LogP contribution in [0.2, 0.25) is 0 Å². The highest BCUT2D eigenvalue weighted by Gasteiger charge is 2.19. The fourth-order valence-electron chi connectivity index (χ4n) is 2.48. The Hall–Kier alpha value is -1.42. The van der Waals surface area contributed by atoms with E-state index in [1.807, 2.05) is 0 Å². The summed E-state index contributed by atoms with van der Waals surface area (Å²) in [7, 11) is 0. The van der Waals surface area contributed by atoms with Crippen molar-refractivity contribution in [2.75, 3.05) is 26.2 Å². The van der Waals surface area contributed by atoms with Gasteiger partial charge in [0.15, 0.2) is 0 Å². The minimum atomic E-state index is -0.233. The van der Waals surface area contributed by atoms with Gasteiger partial charge in [-0.25, -0.2) is 4.39 Å². The molecule has 1 heterocycles. The van der Waals surface area contributed by atoms with Gasteiger partial charge in [-0.3, -0.25) is 0 Å². The molecule has 0 amide bonds. The van der Waals surface area contributed by atoms with Gasteiger partial charge >= 0.3 is 0 Å². The Morgan fingerprint density at radius 2 is 2.16 bits per heavy atom. The van der Waals surface area contributed by atoms with Crippen LogP contribution in [-0.2, 0) is 0 Å². The third kappa shape index (κ3) is 4.63. The minimum absolute atomic E-state index is 0.233.